The monoisotopic (exact) mass is 361 g/mol. The van der Waals surface area contributed by atoms with Gasteiger partial charge in [0.15, 0.2) is 5.78 Å². The second-order valence-corrected chi connectivity index (χ2v) is 6.76. The quantitative estimate of drug-likeness (QED) is 0.815. The number of halogens is 1. The molecule has 5 heteroatoms. The van der Waals surface area contributed by atoms with E-state index >= 15 is 0 Å². The average molecular weight is 362 g/mol. The molecular weight excluding hydrogens is 350 g/mol. The van der Waals surface area contributed by atoms with Crippen LogP contribution in [0.5, 0.6) is 0 Å². The van der Waals surface area contributed by atoms with Crippen LogP contribution in [-0.2, 0) is 0 Å². The topological polar surface area (TPSA) is 49.9 Å². The van der Waals surface area contributed by atoms with Crippen LogP contribution in [0.1, 0.15) is 17.3 Å². The summed E-state index contributed by atoms with van der Waals surface area (Å²) in [5, 5.41) is 0. The number of rotatable bonds is 2. The second kappa shape index (κ2) is 5.58. The summed E-state index contributed by atoms with van der Waals surface area (Å²) in [5.74, 6) is 0.220. The van der Waals surface area contributed by atoms with E-state index in [-0.39, 0.29) is 16.6 Å². The third-order valence-corrected chi connectivity index (χ3v) is 4.81. The molecule has 1 aromatic carbocycles. The highest BCUT2D eigenvalue weighted by Crippen LogP contribution is 2.27. The van der Waals surface area contributed by atoms with Crippen molar-refractivity contribution in [3.8, 4) is 0 Å². The fourth-order valence-corrected chi connectivity index (χ4v) is 3.71. The number of carbonyl (C=O) groups is 1. The summed E-state index contributed by atoms with van der Waals surface area (Å²) in [5.41, 5.74) is 1.97. The molecule has 0 saturated carbocycles. The summed E-state index contributed by atoms with van der Waals surface area (Å²) >= 11 is 4.59. The molecule has 0 amide bonds. The summed E-state index contributed by atoms with van der Waals surface area (Å²) in [6, 6.07) is 5.28. The number of fused-ring (bicyclic) bond motifs is 1. The number of carbonyl (C=O) groups excluding carboxylic acids is 1. The second-order valence-electron chi connectivity index (χ2n) is 4.89. The molecular formula is C16H12BrNO2S. The van der Waals surface area contributed by atoms with Crippen molar-refractivity contribution in [1.29, 1.82) is 0 Å². The van der Waals surface area contributed by atoms with Crippen LogP contribution in [0.15, 0.2) is 57.4 Å². The van der Waals surface area contributed by atoms with E-state index in [1.807, 2.05) is 24.3 Å². The maximum atomic E-state index is 12.7. The number of ketones is 1. The first-order chi connectivity index (χ1) is 10.0. The number of H-pyrrole nitrogens is 1. The van der Waals surface area contributed by atoms with Crippen LogP contribution >= 0.6 is 27.3 Å². The third kappa shape index (κ3) is 2.84. The van der Waals surface area contributed by atoms with Crippen molar-refractivity contribution in [3.05, 3.63) is 67.8 Å². The Hall–Kier alpha value is -1.72. The zero-order valence-corrected chi connectivity index (χ0v) is 13.6. The molecule has 1 atom stereocenters. The minimum absolute atomic E-state index is 0.0559. The fourth-order valence-electron chi connectivity index (χ4n) is 2.21. The zero-order chi connectivity index (χ0) is 15.0. The van der Waals surface area contributed by atoms with E-state index in [1.165, 1.54) is 0 Å². The van der Waals surface area contributed by atoms with Crippen LogP contribution in [-0.4, -0.2) is 10.8 Å². The number of hydrogen-bond donors (Lipinski definition) is 1. The van der Waals surface area contributed by atoms with Gasteiger partial charge in [-0.15, -0.1) is 0 Å². The highest BCUT2D eigenvalue weighted by molar-refractivity contribution is 9.12. The van der Waals surface area contributed by atoms with Gasteiger partial charge < -0.3 is 4.98 Å². The minimum Gasteiger partial charge on any atom is -0.312 e. The van der Waals surface area contributed by atoms with Crippen LogP contribution in [0.2, 0.25) is 0 Å². The number of allylic oxidation sites excluding steroid dienone is 6. The first-order valence-corrected chi connectivity index (χ1v) is 8.09. The Morgan fingerprint density at radius 2 is 2.19 bits per heavy atom. The number of Topliss-reactive ketones (excluding diaryl/α,β-unsaturated/α-hetero) is 1. The Morgan fingerprint density at radius 1 is 1.38 bits per heavy atom. The largest absolute Gasteiger partial charge is 0.312 e. The first kappa shape index (κ1) is 14.2. The molecule has 0 spiro atoms. The van der Waals surface area contributed by atoms with Crippen molar-refractivity contribution in [2.45, 2.75) is 6.92 Å². The molecule has 1 aliphatic rings. The van der Waals surface area contributed by atoms with Gasteiger partial charge in [-0.3, -0.25) is 9.59 Å². The van der Waals surface area contributed by atoms with Crippen LogP contribution < -0.4 is 4.87 Å². The highest BCUT2D eigenvalue weighted by atomic mass is 79.9. The van der Waals surface area contributed by atoms with Gasteiger partial charge in [0.25, 0.3) is 0 Å². The average Bonchev–Trinajstić information content (AvgIpc) is 2.72. The molecule has 1 aromatic heterocycles. The van der Waals surface area contributed by atoms with E-state index in [9.17, 15) is 9.59 Å². The lowest BCUT2D eigenvalue weighted by Gasteiger charge is -2.06. The standard InChI is InChI=1S/C16H12BrNO2S/c1-9-3-2-4-11(12(17)7-9)15(19)10-5-6-13-14(8-10)21-16(20)18-13/h2-9H,1H3,(H,18,20). The number of nitrogens with one attached hydrogen (secondary N) is 1. The normalized spacial score (nSPS) is 18.3. The van der Waals surface area contributed by atoms with Gasteiger partial charge in [-0.1, -0.05) is 58.5 Å². The lowest BCUT2D eigenvalue weighted by Crippen LogP contribution is -2.03. The molecule has 0 aliphatic heterocycles. The lowest BCUT2D eigenvalue weighted by atomic mass is 10.0. The molecule has 0 bridgehead atoms. The summed E-state index contributed by atoms with van der Waals surface area (Å²) in [4.78, 5) is 26.6. The summed E-state index contributed by atoms with van der Waals surface area (Å²) in [7, 11) is 0. The van der Waals surface area contributed by atoms with Crippen molar-refractivity contribution in [3.63, 3.8) is 0 Å². The Labute approximate surface area is 133 Å². The van der Waals surface area contributed by atoms with Gasteiger partial charge in [-0.05, 0) is 24.1 Å². The summed E-state index contributed by atoms with van der Waals surface area (Å²) in [6.45, 7) is 2.06. The molecule has 0 saturated heterocycles. The Bertz CT molecular complexity index is 870. The number of thiazole rings is 1. The highest BCUT2D eigenvalue weighted by Gasteiger charge is 2.17. The van der Waals surface area contributed by atoms with Crippen LogP contribution in [0.4, 0.5) is 0 Å². The number of benzene rings is 1. The number of aromatic amines is 1. The van der Waals surface area contributed by atoms with Crippen molar-refractivity contribution >= 4 is 43.3 Å². The summed E-state index contributed by atoms with van der Waals surface area (Å²) in [6.07, 6.45) is 7.75. The van der Waals surface area contributed by atoms with E-state index < -0.39 is 0 Å². The maximum Gasteiger partial charge on any atom is 0.305 e. The smallest absolute Gasteiger partial charge is 0.305 e. The van der Waals surface area contributed by atoms with E-state index in [1.54, 1.807) is 18.2 Å². The molecule has 21 heavy (non-hydrogen) atoms. The van der Waals surface area contributed by atoms with Gasteiger partial charge >= 0.3 is 4.87 Å². The molecule has 3 nitrogen and oxygen atoms in total. The lowest BCUT2D eigenvalue weighted by molar-refractivity contribution is 0.103. The van der Waals surface area contributed by atoms with E-state index in [2.05, 4.69) is 27.8 Å². The van der Waals surface area contributed by atoms with Gasteiger partial charge in [-0.25, -0.2) is 0 Å². The maximum absolute atomic E-state index is 12.7. The zero-order valence-electron chi connectivity index (χ0n) is 11.2. The molecule has 0 fully saturated rings. The third-order valence-electron chi connectivity index (χ3n) is 3.27. The molecule has 1 unspecified atom stereocenters. The van der Waals surface area contributed by atoms with E-state index in [0.717, 1.165) is 26.0 Å². The van der Waals surface area contributed by atoms with Gasteiger partial charge in [0.2, 0.25) is 0 Å². The Kier molecular flexibility index (Phi) is 3.78. The van der Waals surface area contributed by atoms with Gasteiger partial charge in [0, 0.05) is 15.6 Å². The molecule has 3 rings (SSSR count). The van der Waals surface area contributed by atoms with Crippen molar-refractivity contribution in [2.24, 2.45) is 5.92 Å². The molecule has 106 valence electrons. The van der Waals surface area contributed by atoms with Crippen molar-refractivity contribution < 1.29 is 4.79 Å². The predicted octanol–water partition coefficient (Wildman–Crippen LogP) is 4.18. The van der Waals surface area contributed by atoms with Crippen LogP contribution in [0.25, 0.3) is 10.2 Å². The number of aromatic nitrogens is 1. The van der Waals surface area contributed by atoms with E-state index in [0.29, 0.717) is 11.1 Å². The van der Waals surface area contributed by atoms with Gasteiger partial charge in [0.05, 0.1) is 10.2 Å². The van der Waals surface area contributed by atoms with Crippen molar-refractivity contribution in [1.82, 2.24) is 4.98 Å². The van der Waals surface area contributed by atoms with Gasteiger partial charge in [0.1, 0.15) is 0 Å². The number of hydrogen-bond acceptors (Lipinski definition) is 3. The van der Waals surface area contributed by atoms with Crippen LogP contribution in [0, 0.1) is 5.92 Å². The molecule has 1 heterocycles. The molecule has 0 radical (unpaired) electrons. The van der Waals surface area contributed by atoms with Crippen LogP contribution in [0.3, 0.4) is 0 Å². The predicted molar refractivity (Wildman–Crippen MR) is 90.2 cm³/mol. The SMILES string of the molecule is CC1C=CC=C(C(=O)c2ccc3[nH]c(=O)sc3c2)C(Br)=C1. The Morgan fingerprint density at radius 3 is 3.00 bits per heavy atom. The van der Waals surface area contributed by atoms with Gasteiger partial charge in [-0.2, -0.15) is 0 Å². The first-order valence-electron chi connectivity index (χ1n) is 6.48. The fraction of sp³-hybridized carbons (Fsp3) is 0.125. The molecule has 2 aromatic rings. The minimum atomic E-state index is -0.110. The van der Waals surface area contributed by atoms with Crippen molar-refractivity contribution in [2.75, 3.05) is 0 Å². The molecule has 1 aliphatic carbocycles. The van der Waals surface area contributed by atoms with E-state index in [4.69, 9.17) is 0 Å². The molecule has 1 N–H and O–H groups in total. The summed E-state index contributed by atoms with van der Waals surface area (Å²) < 4.78 is 1.59. The Balaban J connectivity index is 2.03.